The van der Waals surface area contributed by atoms with Crippen LogP contribution in [0.5, 0.6) is 0 Å². The molecule has 1 saturated heterocycles. The minimum atomic E-state index is 0.252. The number of carbonyl (C=O) groups excluding carboxylic acids is 1. The first kappa shape index (κ1) is 22.3. The fourth-order valence-corrected chi connectivity index (χ4v) is 4.45. The molecule has 4 rings (SSSR count). The summed E-state index contributed by atoms with van der Waals surface area (Å²) in [5.74, 6) is 3.18. The molecule has 1 aromatic carbocycles. The molecule has 32 heavy (non-hydrogen) atoms. The zero-order valence-electron chi connectivity index (χ0n) is 19.4. The molecule has 0 bridgehead atoms. The van der Waals surface area contributed by atoms with Gasteiger partial charge in [0.2, 0.25) is 11.8 Å². The molecule has 0 saturated carbocycles. The van der Waals surface area contributed by atoms with Crippen molar-refractivity contribution in [3.63, 3.8) is 0 Å². The molecule has 0 spiro atoms. The Bertz CT molecular complexity index is 953. The molecule has 1 atom stereocenters. The SMILES string of the molecule is CCNC(=NCCc1nc(C(C)C)no1)N1CC(CCN2CCCC2=O)c2ccccc21. The van der Waals surface area contributed by atoms with Crippen molar-refractivity contribution in [2.24, 2.45) is 4.99 Å². The third-order valence-electron chi connectivity index (χ3n) is 6.17. The maximum absolute atomic E-state index is 12.0. The van der Waals surface area contributed by atoms with Gasteiger partial charge in [0, 0.05) is 56.5 Å². The largest absolute Gasteiger partial charge is 0.356 e. The van der Waals surface area contributed by atoms with E-state index in [1.54, 1.807) is 0 Å². The van der Waals surface area contributed by atoms with Crippen LogP contribution in [-0.4, -0.2) is 59.6 Å². The maximum atomic E-state index is 12.0. The van der Waals surface area contributed by atoms with E-state index in [2.05, 4.69) is 65.4 Å². The van der Waals surface area contributed by atoms with Crippen molar-refractivity contribution < 1.29 is 9.32 Å². The number of aliphatic imine (C=N–C) groups is 1. The zero-order valence-corrected chi connectivity index (χ0v) is 19.4. The Hall–Kier alpha value is -2.90. The fourth-order valence-electron chi connectivity index (χ4n) is 4.45. The summed E-state index contributed by atoms with van der Waals surface area (Å²) in [4.78, 5) is 25.6. The lowest BCUT2D eigenvalue weighted by atomic mass is 9.98. The number of rotatable bonds is 8. The van der Waals surface area contributed by atoms with Crippen LogP contribution in [0.2, 0.25) is 0 Å². The molecule has 0 aliphatic carbocycles. The lowest BCUT2D eigenvalue weighted by Crippen LogP contribution is -2.41. The van der Waals surface area contributed by atoms with E-state index in [0.717, 1.165) is 50.8 Å². The van der Waals surface area contributed by atoms with Crippen LogP contribution >= 0.6 is 0 Å². The number of anilines is 1. The van der Waals surface area contributed by atoms with E-state index in [-0.39, 0.29) is 5.92 Å². The van der Waals surface area contributed by atoms with Gasteiger partial charge in [0.05, 0.1) is 6.54 Å². The topological polar surface area (TPSA) is 86.9 Å². The Morgan fingerprint density at radius 3 is 2.91 bits per heavy atom. The quantitative estimate of drug-likeness (QED) is 0.503. The average Bonchev–Trinajstić information content (AvgIpc) is 3.51. The van der Waals surface area contributed by atoms with Gasteiger partial charge in [-0.15, -0.1) is 0 Å². The first-order valence-corrected chi connectivity index (χ1v) is 11.8. The Morgan fingerprint density at radius 1 is 1.34 bits per heavy atom. The monoisotopic (exact) mass is 438 g/mol. The number of nitrogens with zero attached hydrogens (tertiary/aromatic N) is 5. The number of benzene rings is 1. The van der Waals surface area contributed by atoms with Crippen molar-refractivity contribution in [3.8, 4) is 0 Å². The molecule has 0 radical (unpaired) electrons. The summed E-state index contributed by atoms with van der Waals surface area (Å²) >= 11 is 0. The van der Waals surface area contributed by atoms with Gasteiger partial charge in [-0.2, -0.15) is 4.98 Å². The van der Waals surface area contributed by atoms with Gasteiger partial charge in [-0.25, -0.2) is 0 Å². The van der Waals surface area contributed by atoms with Gasteiger partial charge >= 0.3 is 0 Å². The second-order valence-electron chi connectivity index (χ2n) is 8.83. The molecule has 3 heterocycles. The number of nitrogens with one attached hydrogen (secondary N) is 1. The molecule has 2 aliphatic rings. The molecule has 1 N–H and O–H groups in total. The fraction of sp³-hybridized carbons (Fsp3) is 0.583. The number of amides is 1. The van der Waals surface area contributed by atoms with Crippen LogP contribution < -0.4 is 10.2 Å². The Balaban J connectivity index is 1.45. The molecule has 1 fully saturated rings. The standard InChI is InChI=1S/C24H34N6O2/c1-4-25-24(26-13-11-21-27-23(17(2)3)28-32-21)30-16-18(19-8-5-6-9-20(19)30)12-15-29-14-7-10-22(29)31/h5-6,8-9,17-18H,4,7,10-16H2,1-3H3,(H,25,26). The number of fused-ring (bicyclic) bond motifs is 1. The molecule has 2 aromatic rings. The highest BCUT2D eigenvalue weighted by molar-refractivity contribution is 5.98. The summed E-state index contributed by atoms with van der Waals surface area (Å²) < 4.78 is 5.36. The third kappa shape index (κ3) is 4.95. The second kappa shape index (κ2) is 10.1. The third-order valence-corrected chi connectivity index (χ3v) is 6.17. The molecule has 172 valence electrons. The van der Waals surface area contributed by atoms with Crippen molar-refractivity contribution in [2.75, 3.05) is 37.6 Å². The van der Waals surface area contributed by atoms with E-state index < -0.39 is 0 Å². The minimum Gasteiger partial charge on any atom is -0.356 e. The number of carbonyl (C=O) groups is 1. The molecule has 2 aliphatic heterocycles. The molecular formula is C24H34N6O2. The number of aromatic nitrogens is 2. The Morgan fingerprint density at radius 2 is 2.19 bits per heavy atom. The van der Waals surface area contributed by atoms with Gasteiger partial charge < -0.3 is 19.6 Å². The van der Waals surface area contributed by atoms with Crippen molar-refractivity contribution in [1.82, 2.24) is 20.4 Å². The first-order chi connectivity index (χ1) is 15.6. The highest BCUT2D eigenvalue weighted by Crippen LogP contribution is 2.38. The van der Waals surface area contributed by atoms with Crippen molar-refractivity contribution in [1.29, 1.82) is 0 Å². The van der Waals surface area contributed by atoms with Crippen molar-refractivity contribution in [2.45, 2.75) is 58.3 Å². The van der Waals surface area contributed by atoms with Crippen molar-refractivity contribution >= 4 is 17.6 Å². The van der Waals surface area contributed by atoms with E-state index in [9.17, 15) is 4.79 Å². The molecule has 8 heteroatoms. The maximum Gasteiger partial charge on any atom is 0.228 e. The van der Waals surface area contributed by atoms with Gasteiger partial charge in [0.25, 0.3) is 0 Å². The van der Waals surface area contributed by atoms with E-state index >= 15 is 0 Å². The zero-order chi connectivity index (χ0) is 22.5. The van der Waals surface area contributed by atoms with Gasteiger partial charge in [-0.05, 0) is 31.4 Å². The molecule has 8 nitrogen and oxygen atoms in total. The summed E-state index contributed by atoms with van der Waals surface area (Å²) in [6, 6.07) is 8.55. The van der Waals surface area contributed by atoms with Crippen LogP contribution in [0.4, 0.5) is 5.69 Å². The summed E-state index contributed by atoms with van der Waals surface area (Å²) in [5.41, 5.74) is 2.54. The average molecular weight is 439 g/mol. The van der Waals surface area contributed by atoms with Crippen molar-refractivity contribution in [3.05, 3.63) is 41.5 Å². The van der Waals surface area contributed by atoms with Crippen LogP contribution in [0.25, 0.3) is 0 Å². The smallest absolute Gasteiger partial charge is 0.228 e. The number of para-hydroxylation sites is 1. The van der Waals surface area contributed by atoms with E-state index in [0.29, 0.717) is 37.1 Å². The van der Waals surface area contributed by atoms with Crippen LogP contribution in [0.3, 0.4) is 0 Å². The highest BCUT2D eigenvalue weighted by atomic mass is 16.5. The minimum absolute atomic E-state index is 0.252. The Kier molecular flexibility index (Phi) is 7.07. The van der Waals surface area contributed by atoms with Gasteiger partial charge in [-0.1, -0.05) is 37.2 Å². The second-order valence-corrected chi connectivity index (χ2v) is 8.83. The summed E-state index contributed by atoms with van der Waals surface area (Å²) in [7, 11) is 0. The van der Waals surface area contributed by atoms with Crippen LogP contribution in [0.15, 0.2) is 33.8 Å². The normalized spacial score (nSPS) is 18.7. The number of hydrogen-bond donors (Lipinski definition) is 1. The molecule has 1 unspecified atom stereocenters. The Labute approximate surface area is 190 Å². The van der Waals surface area contributed by atoms with Gasteiger partial charge in [-0.3, -0.25) is 9.79 Å². The summed E-state index contributed by atoms with van der Waals surface area (Å²) in [5, 5.41) is 7.48. The van der Waals surface area contributed by atoms with Crippen LogP contribution in [0.1, 0.15) is 69.1 Å². The number of hydrogen-bond acceptors (Lipinski definition) is 5. The van der Waals surface area contributed by atoms with E-state index in [1.165, 1.54) is 11.3 Å². The lowest BCUT2D eigenvalue weighted by molar-refractivity contribution is -0.127. The van der Waals surface area contributed by atoms with E-state index in [4.69, 9.17) is 9.52 Å². The predicted octanol–water partition coefficient (Wildman–Crippen LogP) is 3.32. The molecular weight excluding hydrogens is 404 g/mol. The lowest BCUT2D eigenvalue weighted by Gasteiger charge is -2.23. The summed E-state index contributed by atoms with van der Waals surface area (Å²) in [6.07, 6.45) is 3.27. The van der Waals surface area contributed by atoms with Gasteiger partial charge in [0.1, 0.15) is 0 Å². The van der Waals surface area contributed by atoms with E-state index in [1.807, 2.05) is 4.90 Å². The van der Waals surface area contributed by atoms with Gasteiger partial charge in [0.15, 0.2) is 11.8 Å². The first-order valence-electron chi connectivity index (χ1n) is 11.8. The number of likely N-dealkylation sites (tertiary alicyclic amines) is 1. The number of guanidine groups is 1. The van der Waals surface area contributed by atoms with Crippen LogP contribution in [-0.2, 0) is 11.2 Å². The molecule has 1 amide bonds. The highest BCUT2D eigenvalue weighted by Gasteiger charge is 2.32. The summed E-state index contributed by atoms with van der Waals surface area (Å²) in [6.45, 7) is 10.2. The molecule has 1 aromatic heterocycles. The van der Waals surface area contributed by atoms with Crippen LogP contribution in [0, 0.1) is 0 Å². The predicted molar refractivity (Wildman–Crippen MR) is 125 cm³/mol.